The van der Waals surface area contributed by atoms with E-state index in [1.807, 2.05) is 30.3 Å². The van der Waals surface area contributed by atoms with E-state index in [1.165, 1.54) is 0 Å². The lowest BCUT2D eigenvalue weighted by molar-refractivity contribution is -0.119. The topological polar surface area (TPSA) is 46.3 Å². The number of thiophene rings is 1. The van der Waals surface area contributed by atoms with Gasteiger partial charge in [0.25, 0.3) is 0 Å². The van der Waals surface area contributed by atoms with Gasteiger partial charge in [0.1, 0.15) is 6.04 Å². The third kappa shape index (κ3) is 2.38. The fourth-order valence-electron chi connectivity index (χ4n) is 2.20. The van der Waals surface area contributed by atoms with Crippen LogP contribution in [0.15, 0.2) is 38.6 Å². The fourth-order valence-corrected chi connectivity index (χ4v) is 4.05. The maximum absolute atomic E-state index is 12.3. The Morgan fingerprint density at radius 2 is 2.05 bits per heavy atom. The van der Waals surface area contributed by atoms with Crippen molar-refractivity contribution < 1.29 is 4.79 Å². The van der Waals surface area contributed by atoms with Crippen molar-refractivity contribution in [3.63, 3.8) is 0 Å². The van der Waals surface area contributed by atoms with Crippen molar-refractivity contribution >= 4 is 54.8 Å². The number of hydrogen-bond donors (Lipinski definition) is 1. The van der Waals surface area contributed by atoms with Crippen LogP contribution in [0.25, 0.3) is 0 Å². The lowest BCUT2D eigenvalue weighted by Crippen LogP contribution is -2.30. The molecular weight excluding hydrogens is 392 g/mol. The van der Waals surface area contributed by atoms with Gasteiger partial charge < -0.3 is 10.6 Å². The summed E-state index contributed by atoms with van der Waals surface area (Å²) in [5, 5.41) is 0. The molecule has 0 saturated heterocycles. The molecule has 1 atom stereocenters. The minimum absolute atomic E-state index is 0.0439. The van der Waals surface area contributed by atoms with Crippen molar-refractivity contribution in [3.8, 4) is 0 Å². The molecule has 1 amide bonds. The zero-order valence-corrected chi connectivity index (χ0v) is 13.8. The maximum Gasteiger partial charge on any atom is 0.248 e. The van der Waals surface area contributed by atoms with Gasteiger partial charge >= 0.3 is 0 Å². The van der Waals surface area contributed by atoms with Gasteiger partial charge in [-0.15, -0.1) is 11.3 Å². The third-order valence-corrected chi connectivity index (χ3v) is 5.19. The number of anilines is 1. The smallest absolute Gasteiger partial charge is 0.248 e. The van der Waals surface area contributed by atoms with Crippen molar-refractivity contribution in [3.05, 3.63) is 49.0 Å². The summed E-state index contributed by atoms with van der Waals surface area (Å²) >= 11 is 8.48. The molecule has 0 spiro atoms. The van der Waals surface area contributed by atoms with Crippen LogP contribution in [0.5, 0.6) is 0 Å². The fraction of sp³-hybridized carbons (Fsp3) is 0.154. The Bertz CT molecular complexity index is 656. The summed E-state index contributed by atoms with van der Waals surface area (Å²) in [5.41, 5.74) is 7.78. The van der Waals surface area contributed by atoms with Gasteiger partial charge in [-0.2, -0.15) is 0 Å². The molecule has 0 radical (unpaired) electrons. The molecule has 2 N–H and O–H groups in total. The summed E-state index contributed by atoms with van der Waals surface area (Å²) in [7, 11) is 0. The van der Waals surface area contributed by atoms with E-state index in [9.17, 15) is 4.79 Å². The monoisotopic (exact) mass is 400 g/mol. The van der Waals surface area contributed by atoms with E-state index in [1.54, 1.807) is 16.2 Å². The Morgan fingerprint density at radius 3 is 2.74 bits per heavy atom. The number of hydrogen-bond acceptors (Lipinski definition) is 3. The number of nitrogens with two attached hydrogens (primary N) is 1. The highest BCUT2D eigenvalue weighted by atomic mass is 79.9. The van der Waals surface area contributed by atoms with Crippen LogP contribution in [0.1, 0.15) is 16.5 Å². The Balaban J connectivity index is 1.97. The van der Waals surface area contributed by atoms with Gasteiger partial charge in [-0.25, -0.2) is 0 Å². The SMILES string of the molecule is NC1C(=O)N(Cc2ccc(Br)s2)c2ccc(Br)cc21. The van der Waals surface area contributed by atoms with Gasteiger partial charge in [-0.1, -0.05) is 15.9 Å². The molecule has 1 aliphatic heterocycles. The molecular formula is C13H10Br2N2OS. The molecule has 3 nitrogen and oxygen atoms in total. The molecule has 2 heterocycles. The van der Waals surface area contributed by atoms with Crippen LogP contribution in [0, 0.1) is 0 Å². The van der Waals surface area contributed by atoms with Gasteiger partial charge in [0.2, 0.25) is 5.91 Å². The van der Waals surface area contributed by atoms with Gasteiger partial charge in [-0.05, 0) is 46.3 Å². The normalized spacial score (nSPS) is 17.9. The second kappa shape index (κ2) is 5.01. The second-order valence-corrected chi connectivity index (χ2v) is 7.77. The molecule has 19 heavy (non-hydrogen) atoms. The standard InChI is InChI=1S/C13H10Br2N2OS/c14-7-1-3-10-9(5-7)12(16)13(18)17(10)6-8-2-4-11(15)19-8/h1-5,12H,6,16H2. The van der Waals surface area contributed by atoms with Crippen LogP contribution in [-0.2, 0) is 11.3 Å². The average molecular weight is 402 g/mol. The Kier molecular flexibility index (Phi) is 3.51. The van der Waals surface area contributed by atoms with Crippen LogP contribution in [0.3, 0.4) is 0 Å². The number of nitrogens with zero attached hydrogens (tertiary/aromatic N) is 1. The molecule has 2 aromatic rings. The largest absolute Gasteiger partial charge is 0.316 e. The quantitative estimate of drug-likeness (QED) is 0.831. The number of halogens is 2. The first-order valence-corrected chi connectivity index (χ1v) is 8.07. The zero-order chi connectivity index (χ0) is 13.6. The van der Waals surface area contributed by atoms with Crippen LogP contribution in [-0.4, -0.2) is 5.91 Å². The highest BCUT2D eigenvalue weighted by Crippen LogP contribution is 2.38. The van der Waals surface area contributed by atoms with Crippen LogP contribution in [0.4, 0.5) is 5.69 Å². The predicted molar refractivity (Wildman–Crippen MR) is 84.3 cm³/mol. The minimum Gasteiger partial charge on any atom is -0.316 e. The van der Waals surface area contributed by atoms with Crippen LogP contribution >= 0.6 is 43.2 Å². The van der Waals surface area contributed by atoms with Crippen molar-refractivity contribution in [1.82, 2.24) is 0 Å². The first kappa shape index (κ1) is 13.3. The Morgan fingerprint density at radius 1 is 1.26 bits per heavy atom. The highest BCUT2D eigenvalue weighted by molar-refractivity contribution is 9.11. The molecule has 1 unspecified atom stereocenters. The van der Waals surface area contributed by atoms with Gasteiger partial charge in [0, 0.05) is 20.6 Å². The number of fused-ring (bicyclic) bond motifs is 1. The highest BCUT2D eigenvalue weighted by Gasteiger charge is 2.34. The Labute approximate surface area is 131 Å². The zero-order valence-electron chi connectivity index (χ0n) is 9.77. The number of benzene rings is 1. The summed E-state index contributed by atoms with van der Waals surface area (Å²) in [4.78, 5) is 15.1. The van der Waals surface area contributed by atoms with Crippen molar-refractivity contribution in [2.24, 2.45) is 5.73 Å². The van der Waals surface area contributed by atoms with Crippen LogP contribution < -0.4 is 10.6 Å². The van der Waals surface area contributed by atoms with Crippen LogP contribution in [0.2, 0.25) is 0 Å². The molecule has 6 heteroatoms. The van der Waals surface area contributed by atoms with Crippen molar-refractivity contribution in [1.29, 1.82) is 0 Å². The lowest BCUT2D eigenvalue weighted by atomic mass is 10.1. The molecule has 1 aromatic carbocycles. The lowest BCUT2D eigenvalue weighted by Gasteiger charge is -2.16. The summed E-state index contributed by atoms with van der Waals surface area (Å²) in [6.07, 6.45) is 0. The van der Waals surface area contributed by atoms with Gasteiger partial charge in [-0.3, -0.25) is 4.79 Å². The summed E-state index contributed by atoms with van der Waals surface area (Å²) < 4.78 is 2.00. The summed E-state index contributed by atoms with van der Waals surface area (Å²) in [6.45, 7) is 0.567. The maximum atomic E-state index is 12.3. The van der Waals surface area contributed by atoms with E-state index in [0.717, 1.165) is 24.4 Å². The molecule has 0 saturated carbocycles. The second-order valence-electron chi connectivity index (χ2n) is 4.31. The van der Waals surface area contributed by atoms with E-state index >= 15 is 0 Å². The first-order chi connectivity index (χ1) is 9.06. The van der Waals surface area contributed by atoms with E-state index in [-0.39, 0.29) is 5.91 Å². The molecule has 1 aliphatic rings. The number of carbonyl (C=O) groups excluding carboxylic acids is 1. The summed E-state index contributed by atoms with van der Waals surface area (Å²) in [6, 6.07) is 9.24. The van der Waals surface area contributed by atoms with Crippen molar-refractivity contribution in [2.45, 2.75) is 12.6 Å². The number of amides is 1. The third-order valence-electron chi connectivity index (χ3n) is 3.09. The molecule has 3 rings (SSSR count). The van der Waals surface area contributed by atoms with Gasteiger partial charge in [0.05, 0.1) is 10.3 Å². The number of rotatable bonds is 2. The van der Waals surface area contributed by atoms with E-state index in [4.69, 9.17) is 5.73 Å². The predicted octanol–water partition coefficient (Wildman–Crippen LogP) is 3.82. The van der Waals surface area contributed by atoms with Crippen molar-refractivity contribution in [2.75, 3.05) is 4.90 Å². The molecule has 1 aromatic heterocycles. The molecule has 98 valence electrons. The number of carbonyl (C=O) groups is 1. The van der Waals surface area contributed by atoms with E-state index in [2.05, 4.69) is 31.9 Å². The molecule has 0 fully saturated rings. The summed E-state index contributed by atoms with van der Waals surface area (Å²) in [5.74, 6) is -0.0439. The first-order valence-electron chi connectivity index (χ1n) is 5.67. The molecule has 0 aliphatic carbocycles. The Hall–Kier alpha value is -0.690. The van der Waals surface area contributed by atoms with E-state index in [0.29, 0.717) is 6.54 Å². The molecule has 0 bridgehead atoms. The van der Waals surface area contributed by atoms with E-state index < -0.39 is 6.04 Å². The van der Waals surface area contributed by atoms with Gasteiger partial charge in [0.15, 0.2) is 0 Å². The average Bonchev–Trinajstić information content (AvgIpc) is 2.88. The minimum atomic E-state index is -0.559.